The van der Waals surface area contributed by atoms with Crippen molar-refractivity contribution in [2.24, 2.45) is 0 Å². The first-order chi connectivity index (χ1) is 16.8. The van der Waals surface area contributed by atoms with Gasteiger partial charge in [-0.15, -0.1) is 34.0 Å². The predicted octanol–water partition coefficient (Wildman–Crippen LogP) is 10.7. The molecule has 2 aliphatic carbocycles. The molecular weight excluding hydrogens is 481 g/mol. The number of benzene rings is 2. The van der Waals surface area contributed by atoms with Crippen LogP contribution in [-0.4, -0.2) is 0 Å². The largest absolute Gasteiger partial charge is 0.140 e. The van der Waals surface area contributed by atoms with Gasteiger partial charge in [-0.3, -0.25) is 0 Å². The van der Waals surface area contributed by atoms with Crippen molar-refractivity contribution < 1.29 is 0 Å². The molecule has 0 aliphatic heterocycles. The monoisotopic (exact) mass is 508 g/mol. The average molecular weight is 509 g/mol. The van der Waals surface area contributed by atoms with Crippen molar-refractivity contribution in [3.8, 4) is 41.1 Å². The van der Waals surface area contributed by atoms with Crippen molar-refractivity contribution >= 4 is 34.0 Å². The molecule has 0 saturated carbocycles. The van der Waals surface area contributed by atoms with Crippen LogP contribution >= 0.6 is 34.0 Å². The summed E-state index contributed by atoms with van der Waals surface area (Å²) in [6.07, 6.45) is 0. The van der Waals surface area contributed by atoms with Gasteiger partial charge < -0.3 is 0 Å². The smallest absolute Gasteiger partial charge is 0.0452 e. The maximum Gasteiger partial charge on any atom is 0.0452 e. The highest BCUT2D eigenvalue weighted by atomic mass is 32.1. The molecule has 35 heavy (non-hydrogen) atoms. The molecule has 0 N–H and O–H groups in total. The third-order valence-corrected chi connectivity index (χ3v) is 11.8. The highest BCUT2D eigenvalue weighted by Gasteiger charge is 2.39. The summed E-state index contributed by atoms with van der Waals surface area (Å²) in [5, 5.41) is 0. The molecule has 0 saturated heterocycles. The molecule has 2 unspecified atom stereocenters. The van der Waals surface area contributed by atoms with Crippen molar-refractivity contribution in [2.45, 2.75) is 53.4 Å². The molecule has 3 aromatic heterocycles. The first-order valence-corrected chi connectivity index (χ1v) is 14.9. The van der Waals surface area contributed by atoms with Gasteiger partial charge in [0, 0.05) is 41.1 Å². The minimum atomic E-state index is 0.450. The van der Waals surface area contributed by atoms with Gasteiger partial charge in [-0.1, -0.05) is 43.7 Å². The van der Waals surface area contributed by atoms with E-state index in [2.05, 4.69) is 90.1 Å². The van der Waals surface area contributed by atoms with Gasteiger partial charge in [0.05, 0.1) is 0 Å². The zero-order chi connectivity index (χ0) is 24.2. The van der Waals surface area contributed by atoms with E-state index in [1.165, 1.54) is 62.6 Å². The lowest BCUT2D eigenvalue weighted by atomic mass is 9.85. The van der Waals surface area contributed by atoms with Crippen molar-refractivity contribution in [3.63, 3.8) is 0 Å². The Morgan fingerprint density at radius 3 is 1.80 bits per heavy atom. The zero-order valence-electron chi connectivity index (χ0n) is 21.0. The maximum atomic E-state index is 2.49. The third-order valence-electron chi connectivity index (χ3n) is 8.18. The normalized spacial score (nSPS) is 17.4. The molecule has 0 amide bonds. The highest BCUT2D eigenvalue weighted by molar-refractivity contribution is 7.25. The van der Waals surface area contributed by atoms with Crippen LogP contribution < -0.4 is 0 Å². The Morgan fingerprint density at radius 1 is 0.571 bits per heavy atom. The van der Waals surface area contributed by atoms with E-state index in [0.29, 0.717) is 11.8 Å². The second-order valence-corrected chi connectivity index (χ2v) is 13.7. The van der Waals surface area contributed by atoms with Crippen LogP contribution in [0.15, 0.2) is 48.5 Å². The van der Waals surface area contributed by atoms with E-state index in [9.17, 15) is 0 Å². The average Bonchev–Trinajstić information content (AvgIpc) is 3.62. The maximum absolute atomic E-state index is 2.49. The Labute approximate surface area is 219 Å². The minimum Gasteiger partial charge on any atom is -0.140 e. The SMILES string of the molecule is Cc1ccc(-c2ccc(-c3cc4c(s3)-c3c(C)c5c(c(C)c3C4C)-c3sc(C)cc3C5C)s2)cc1. The van der Waals surface area contributed by atoms with Crippen LogP contribution in [0, 0.1) is 27.7 Å². The first kappa shape index (κ1) is 21.8. The van der Waals surface area contributed by atoms with Gasteiger partial charge in [0.2, 0.25) is 0 Å². The van der Waals surface area contributed by atoms with Crippen LogP contribution in [0.1, 0.15) is 69.5 Å². The molecule has 0 nitrogen and oxygen atoms in total. The van der Waals surface area contributed by atoms with Crippen LogP contribution in [0.4, 0.5) is 0 Å². The van der Waals surface area contributed by atoms with Crippen LogP contribution in [0.3, 0.4) is 0 Å². The molecule has 3 heterocycles. The fourth-order valence-corrected chi connectivity index (χ4v) is 10.2. The lowest BCUT2D eigenvalue weighted by Gasteiger charge is -2.20. The second-order valence-electron chi connectivity index (χ2n) is 10.3. The van der Waals surface area contributed by atoms with Gasteiger partial charge in [-0.25, -0.2) is 0 Å². The minimum absolute atomic E-state index is 0.450. The number of rotatable bonds is 2. The van der Waals surface area contributed by atoms with Gasteiger partial charge in [0.25, 0.3) is 0 Å². The van der Waals surface area contributed by atoms with Crippen LogP contribution in [0.2, 0.25) is 0 Å². The van der Waals surface area contributed by atoms with E-state index in [4.69, 9.17) is 0 Å². The van der Waals surface area contributed by atoms with Gasteiger partial charge >= 0.3 is 0 Å². The van der Waals surface area contributed by atoms with Crippen molar-refractivity contribution in [1.82, 2.24) is 0 Å². The molecule has 2 atom stereocenters. The highest BCUT2D eigenvalue weighted by Crippen LogP contribution is 2.60. The number of aryl methyl sites for hydroxylation is 2. The van der Waals surface area contributed by atoms with E-state index < -0.39 is 0 Å². The van der Waals surface area contributed by atoms with Crippen LogP contribution in [0.25, 0.3) is 41.1 Å². The summed E-state index contributed by atoms with van der Waals surface area (Å²) in [6, 6.07) is 18.4. The lowest BCUT2D eigenvalue weighted by Crippen LogP contribution is -2.01. The Hall–Kier alpha value is -2.46. The van der Waals surface area contributed by atoms with Gasteiger partial charge in [0.15, 0.2) is 0 Å². The zero-order valence-corrected chi connectivity index (χ0v) is 23.4. The summed E-state index contributed by atoms with van der Waals surface area (Å²) >= 11 is 5.90. The molecule has 0 bridgehead atoms. The fraction of sp³-hybridized carbons (Fsp3) is 0.250. The summed E-state index contributed by atoms with van der Waals surface area (Å²) in [5.74, 6) is 0.938. The molecule has 0 fully saturated rings. The summed E-state index contributed by atoms with van der Waals surface area (Å²) in [6.45, 7) is 14.0. The quantitative estimate of drug-likeness (QED) is 0.222. The van der Waals surface area contributed by atoms with Crippen LogP contribution in [-0.2, 0) is 0 Å². The fourth-order valence-electron chi connectivity index (χ4n) is 6.46. The molecule has 174 valence electrons. The molecule has 5 aromatic rings. The van der Waals surface area contributed by atoms with Gasteiger partial charge in [-0.05, 0) is 102 Å². The van der Waals surface area contributed by atoms with Crippen molar-refractivity contribution in [3.05, 3.63) is 92.4 Å². The van der Waals surface area contributed by atoms with E-state index in [1.54, 1.807) is 22.3 Å². The Bertz CT molecular complexity index is 1650. The molecule has 2 aliphatic rings. The van der Waals surface area contributed by atoms with Gasteiger partial charge in [0.1, 0.15) is 0 Å². The predicted molar refractivity (Wildman–Crippen MR) is 156 cm³/mol. The molecule has 3 heteroatoms. The van der Waals surface area contributed by atoms with Gasteiger partial charge in [-0.2, -0.15) is 0 Å². The Kier molecular flexibility index (Phi) is 4.68. The first-order valence-electron chi connectivity index (χ1n) is 12.4. The number of hydrogen-bond donors (Lipinski definition) is 0. The van der Waals surface area contributed by atoms with E-state index in [1.807, 2.05) is 34.0 Å². The lowest BCUT2D eigenvalue weighted by molar-refractivity contribution is 0.926. The summed E-state index contributed by atoms with van der Waals surface area (Å²) < 4.78 is 0. The standard InChI is InChI=1S/C32H28S3/c1-15-7-9-21(10-8-15)24-11-12-25(34-24)26-14-23-18(4)28-19(5)29-27(20(6)30(28)32(23)35-26)17(3)22-13-16(2)33-31(22)29/h7-14,17-18H,1-6H3. The second kappa shape index (κ2) is 7.52. The topological polar surface area (TPSA) is 0 Å². The summed E-state index contributed by atoms with van der Waals surface area (Å²) in [4.78, 5) is 8.62. The summed E-state index contributed by atoms with van der Waals surface area (Å²) in [5.41, 5.74) is 15.0. The van der Waals surface area contributed by atoms with E-state index in [0.717, 1.165) is 0 Å². The number of hydrogen-bond acceptors (Lipinski definition) is 3. The van der Waals surface area contributed by atoms with Crippen LogP contribution in [0.5, 0.6) is 0 Å². The Balaban J connectivity index is 1.36. The van der Waals surface area contributed by atoms with E-state index in [-0.39, 0.29) is 0 Å². The molecule has 0 spiro atoms. The number of thiophene rings is 3. The molecule has 7 rings (SSSR count). The van der Waals surface area contributed by atoms with Crippen molar-refractivity contribution in [1.29, 1.82) is 0 Å². The summed E-state index contributed by atoms with van der Waals surface area (Å²) in [7, 11) is 0. The third kappa shape index (κ3) is 2.95. The molecular formula is C32H28S3. The van der Waals surface area contributed by atoms with E-state index >= 15 is 0 Å². The molecule has 2 aromatic carbocycles. The number of fused-ring (bicyclic) bond motifs is 6. The Morgan fingerprint density at radius 2 is 1.14 bits per heavy atom. The molecule has 0 radical (unpaired) electrons. The van der Waals surface area contributed by atoms with Crippen molar-refractivity contribution in [2.75, 3.05) is 0 Å².